The van der Waals surface area contributed by atoms with Crippen LogP contribution in [0.5, 0.6) is 0 Å². The third-order valence-electron chi connectivity index (χ3n) is 3.88. The third kappa shape index (κ3) is 2.51. The Balaban J connectivity index is 1.85. The zero-order valence-corrected chi connectivity index (χ0v) is 13.3. The van der Waals surface area contributed by atoms with Crippen LogP contribution in [0, 0.1) is 5.92 Å². The molecule has 1 aliphatic heterocycles. The summed E-state index contributed by atoms with van der Waals surface area (Å²) in [5.74, 6) is 0.0767. The van der Waals surface area contributed by atoms with Crippen molar-refractivity contribution in [3.05, 3.63) is 16.0 Å². The van der Waals surface area contributed by atoms with Crippen LogP contribution in [0.15, 0.2) is 5.03 Å². The monoisotopic (exact) mass is 332 g/mol. The average molecular weight is 333 g/mol. The summed E-state index contributed by atoms with van der Waals surface area (Å²) in [5, 5.41) is 1.89. The summed E-state index contributed by atoms with van der Waals surface area (Å²) < 4.78 is 5.14. The molecule has 1 aromatic rings. The van der Waals surface area contributed by atoms with Gasteiger partial charge in [0, 0.05) is 16.7 Å². The van der Waals surface area contributed by atoms with E-state index in [1.54, 1.807) is 11.8 Å². The van der Waals surface area contributed by atoms with Crippen molar-refractivity contribution < 1.29 is 9.53 Å². The third-order valence-corrected chi connectivity index (χ3v) is 5.74. The number of carbonyl (C=O) groups is 1. The van der Waals surface area contributed by atoms with Gasteiger partial charge in [-0.15, -0.1) is 11.8 Å². The van der Waals surface area contributed by atoms with Crippen molar-refractivity contribution in [1.82, 2.24) is 9.97 Å². The topological polar surface area (TPSA) is 52.1 Å². The smallest absolute Gasteiger partial charge is 0.308 e. The largest absolute Gasteiger partial charge is 0.466 e. The first kappa shape index (κ1) is 14.4. The number of ether oxygens (including phenoxy) is 1. The minimum Gasteiger partial charge on any atom is -0.466 e. The van der Waals surface area contributed by atoms with Gasteiger partial charge in [-0.25, -0.2) is 9.97 Å². The van der Waals surface area contributed by atoms with E-state index < -0.39 is 0 Å². The molecule has 0 spiro atoms. The molecular weight excluding hydrogens is 319 g/mol. The molecule has 4 nitrogen and oxygen atoms in total. The molecule has 1 fully saturated rings. The molecule has 0 N–H and O–H groups in total. The van der Waals surface area contributed by atoms with Gasteiger partial charge in [0.2, 0.25) is 5.28 Å². The lowest BCUT2D eigenvalue weighted by Gasteiger charge is -2.30. The van der Waals surface area contributed by atoms with Gasteiger partial charge in [0.05, 0.1) is 12.5 Å². The number of halogens is 2. The summed E-state index contributed by atoms with van der Waals surface area (Å²) in [6.07, 6.45) is 2.58. The van der Waals surface area contributed by atoms with Crippen molar-refractivity contribution in [3.63, 3.8) is 0 Å². The lowest BCUT2D eigenvalue weighted by molar-refractivity contribution is -0.149. The first-order valence-corrected chi connectivity index (χ1v) is 8.30. The van der Waals surface area contributed by atoms with Crippen molar-refractivity contribution in [3.8, 4) is 0 Å². The maximum Gasteiger partial charge on any atom is 0.308 e. The van der Waals surface area contributed by atoms with Crippen LogP contribution < -0.4 is 0 Å². The van der Waals surface area contributed by atoms with Gasteiger partial charge in [0.15, 0.2) is 0 Å². The van der Waals surface area contributed by atoms with E-state index in [4.69, 9.17) is 27.9 Å². The van der Waals surface area contributed by atoms with Crippen LogP contribution in [0.4, 0.5) is 0 Å². The van der Waals surface area contributed by atoms with E-state index in [1.807, 2.05) is 6.92 Å². The predicted octanol–water partition coefficient (Wildman–Crippen LogP) is 3.70. The summed E-state index contributed by atoms with van der Waals surface area (Å²) >= 11 is 13.8. The number of nitrogens with zero attached hydrogens (tertiary/aromatic N) is 2. The van der Waals surface area contributed by atoms with Crippen LogP contribution >= 0.6 is 35.0 Å². The molecule has 1 aromatic heterocycles. The number of thioether (sulfide) groups is 1. The van der Waals surface area contributed by atoms with Crippen LogP contribution in [0.2, 0.25) is 10.4 Å². The highest BCUT2D eigenvalue weighted by Crippen LogP contribution is 2.54. The molecule has 20 heavy (non-hydrogen) atoms. The van der Waals surface area contributed by atoms with E-state index in [0.717, 1.165) is 29.9 Å². The fourth-order valence-electron chi connectivity index (χ4n) is 3.01. The van der Waals surface area contributed by atoms with Crippen molar-refractivity contribution in [2.45, 2.75) is 42.4 Å². The molecule has 3 rings (SSSR count). The first-order valence-electron chi connectivity index (χ1n) is 6.66. The molecule has 0 radical (unpaired) electrons. The van der Waals surface area contributed by atoms with Gasteiger partial charge in [0.25, 0.3) is 0 Å². The zero-order chi connectivity index (χ0) is 14.3. The van der Waals surface area contributed by atoms with Crippen molar-refractivity contribution in [1.29, 1.82) is 0 Å². The zero-order valence-electron chi connectivity index (χ0n) is 10.9. The number of hydrogen-bond donors (Lipinski definition) is 0. The number of hydrogen-bond acceptors (Lipinski definition) is 5. The number of fused-ring (bicyclic) bond motifs is 3. The Kier molecular flexibility index (Phi) is 4.11. The van der Waals surface area contributed by atoms with Gasteiger partial charge in [0.1, 0.15) is 10.2 Å². The van der Waals surface area contributed by atoms with Crippen LogP contribution in [0.3, 0.4) is 0 Å². The van der Waals surface area contributed by atoms with Gasteiger partial charge >= 0.3 is 5.97 Å². The van der Waals surface area contributed by atoms with Crippen LogP contribution in [-0.4, -0.2) is 27.8 Å². The SMILES string of the molecule is CCOC(=O)C1CCC2Sc3nc(Cl)nc(Cl)c3C2C1. The van der Waals surface area contributed by atoms with Gasteiger partial charge < -0.3 is 4.74 Å². The van der Waals surface area contributed by atoms with E-state index >= 15 is 0 Å². The Morgan fingerprint density at radius 1 is 1.40 bits per heavy atom. The lowest BCUT2D eigenvalue weighted by Crippen LogP contribution is -2.28. The second-order valence-corrected chi connectivity index (χ2v) is 6.95. The lowest BCUT2D eigenvalue weighted by atomic mass is 9.78. The fraction of sp³-hybridized carbons (Fsp3) is 0.615. The molecular formula is C13H14Cl2N2O2S. The molecule has 2 heterocycles. The Hall–Kier alpha value is -0.520. The number of esters is 1. The molecule has 7 heteroatoms. The normalized spacial score (nSPS) is 27.9. The maximum atomic E-state index is 11.9. The number of aromatic nitrogens is 2. The minimum absolute atomic E-state index is 0.0468. The number of carbonyl (C=O) groups excluding carboxylic acids is 1. The van der Waals surface area contributed by atoms with Crippen LogP contribution in [0.1, 0.15) is 37.7 Å². The van der Waals surface area contributed by atoms with Crippen molar-refractivity contribution >= 4 is 40.9 Å². The summed E-state index contributed by atoms with van der Waals surface area (Å²) in [6, 6.07) is 0. The Labute approximate surface area is 131 Å². The van der Waals surface area contributed by atoms with Gasteiger partial charge in [-0.3, -0.25) is 4.79 Å². The maximum absolute atomic E-state index is 11.9. The summed E-state index contributed by atoms with van der Waals surface area (Å²) in [7, 11) is 0. The fourth-order valence-corrected chi connectivity index (χ4v) is 5.10. The first-order chi connectivity index (χ1) is 9.60. The molecule has 0 bridgehead atoms. The molecule has 0 amide bonds. The standard InChI is InChI=1S/C13H14Cl2N2O2S/c1-2-19-12(18)6-3-4-8-7(5-6)9-10(14)16-13(15)17-11(9)20-8/h6-8H,2-5H2,1H3. The highest BCUT2D eigenvalue weighted by atomic mass is 35.5. The predicted molar refractivity (Wildman–Crippen MR) is 78.4 cm³/mol. The Bertz CT molecular complexity index is 555. The molecule has 2 aliphatic rings. The molecule has 3 unspecified atom stereocenters. The van der Waals surface area contributed by atoms with Crippen LogP contribution in [0.25, 0.3) is 0 Å². The molecule has 1 saturated carbocycles. The highest BCUT2D eigenvalue weighted by molar-refractivity contribution is 8.00. The molecule has 0 aromatic carbocycles. The van der Waals surface area contributed by atoms with E-state index in [1.165, 1.54) is 0 Å². The quantitative estimate of drug-likeness (QED) is 0.469. The van der Waals surface area contributed by atoms with Gasteiger partial charge in [-0.1, -0.05) is 11.6 Å². The summed E-state index contributed by atoms with van der Waals surface area (Å²) in [4.78, 5) is 20.2. The Morgan fingerprint density at radius 3 is 2.95 bits per heavy atom. The van der Waals surface area contributed by atoms with Crippen molar-refractivity contribution in [2.24, 2.45) is 5.92 Å². The molecule has 1 aliphatic carbocycles. The van der Waals surface area contributed by atoms with Crippen LogP contribution in [-0.2, 0) is 9.53 Å². The molecule has 0 saturated heterocycles. The van der Waals surface area contributed by atoms with E-state index in [-0.39, 0.29) is 23.1 Å². The average Bonchev–Trinajstić information content (AvgIpc) is 2.75. The Morgan fingerprint density at radius 2 is 2.20 bits per heavy atom. The second-order valence-electron chi connectivity index (χ2n) is 5.03. The van der Waals surface area contributed by atoms with E-state index in [2.05, 4.69) is 9.97 Å². The number of rotatable bonds is 2. The summed E-state index contributed by atoms with van der Waals surface area (Å²) in [6.45, 7) is 2.26. The van der Waals surface area contributed by atoms with Crippen molar-refractivity contribution in [2.75, 3.05) is 6.61 Å². The summed E-state index contributed by atoms with van der Waals surface area (Å²) in [5.41, 5.74) is 0.958. The molecule has 3 atom stereocenters. The van der Waals surface area contributed by atoms with E-state index in [9.17, 15) is 4.79 Å². The minimum atomic E-state index is -0.101. The van der Waals surface area contributed by atoms with E-state index in [0.29, 0.717) is 17.0 Å². The molecule has 108 valence electrons. The van der Waals surface area contributed by atoms with Gasteiger partial charge in [-0.05, 0) is 37.8 Å². The second kappa shape index (κ2) is 5.70. The highest BCUT2D eigenvalue weighted by Gasteiger charge is 2.43. The van der Waals surface area contributed by atoms with Gasteiger partial charge in [-0.2, -0.15) is 0 Å².